The second-order valence-corrected chi connectivity index (χ2v) is 5.56. The molecule has 3 N–H and O–H groups in total. The van der Waals surface area contributed by atoms with Crippen LogP contribution in [0.4, 0.5) is 5.69 Å². The molecule has 1 aliphatic rings. The number of amides is 1. The Kier molecular flexibility index (Phi) is 5.01. The maximum Gasteiger partial charge on any atom is 0.236 e. The van der Waals surface area contributed by atoms with E-state index < -0.39 is 0 Å². The van der Waals surface area contributed by atoms with Gasteiger partial charge in [-0.25, -0.2) is 0 Å². The van der Waals surface area contributed by atoms with E-state index in [1.54, 1.807) is 0 Å². The summed E-state index contributed by atoms with van der Waals surface area (Å²) in [5.41, 5.74) is 9.14. The molecule has 0 aromatic heterocycles. The zero-order valence-corrected chi connectivity index (χ0v) is 12.5. The smallest absolute Gasteiger partial charge is 0.236 e. The minimum absolute atomic E-state index is 0.264. The molecule has 1 unspecified atom stereocenters. The average Bonchev–Trinajstić information content (AvgIpc) is 2.44. The Bertz CT molecular complexity index is 473. The number of nitrogens with two attached hydrogens (primary N) is 1. The van der Waals surface area contributed by atoms with Crippen LogP contribution in [0.5, 0.6) is 0 Å². The number of fused-ring (bicyclic) bond motifs is 1. The van der Waals surface area contributed by atoms with Crippen LogP contribution in [0.2, 0.25) is 0 Å². The molecule has 1 atom stereocenters. The highest BCUT2D eigenvalue weighted by molar-refractivity contribution is 5.80. The molecular formula is C16H25N3O. The predicted molar refractivity (Wildman–Crippen MR) is 82.9 cm³/mol. The molecule has 1 aliphatic heterocycles. The first kappa shape index (κ1) is 14.9. The third-order valence-electron chi connectivity index (χ3n) is 3.87. The number of primary amides is 1. The summed E-state index contributed by atoms with van der Waals surface area (Å²) in [5, 5.41) is 3.51. The number of rotatable bonds is 6. The van der Waals surface area contributed by atoms with Gasteiger partial charge in [0.1, 0.15) is 0 Å². The van der Waals surface area contributed by atoms with Crippen LogP contribution in [0, 0.1) is 0 Å². The topological polar surface area (TPSA) is 58.4 Å². The monoisotopic (exact) mass is 275 g/mol. The molecule has 0 aliphatic carbocycles. The van der Waals surface area contributed by atoms with E-state index in [0.717, 1.165) is 32.4 Å². The third kappa shape index (κ3) is 3.51. The molecular weight excluding hydrogens is 250 g/mol. The Hall–Kier alpha value is -1.55. The summed E-state index contributed by atoms with van der Waals surface area (Å²) in [6, 6.07) is 6.94. The molecule has 0 saturated heterocycles. The second-order valence-electron chi connectivity index (χ2n) is 5.56. The molecule has 2 rings (SSSR count). The van der Waals surface area contributed by atoms with E-state index >= 15 is 0 Å². The molecule has 1 aromatic rings. The second kappa shape index (κ2) is 6.75. The number of nitrogens with one attached hydrogen (secondary N) is 1. The Morgan fingerprint density at radius 3 is 3.00 bits per heavy atom. The van der Waals surface area contributed by atoms with Crippen molar-refractivity contribution in [2.45, 2.75) is 39.2 Å². The summed E-state index contributed by atoms with van der Waals surface area (Å²) < 4.78 is 0. The van der Waals surface area contributed by atoms with E-state index in [1.165, 1.54) is 16.8 Å². The van der Waals surface area contributed by atoms with Gasteiger partial charge in [0, 0.05) is 18.3 Å². The minimum Gasteiger partial charge on any atom is -0.368 e. The Morgan fingerprint density at radius 2 is 2.30 bits per heavy atom. The molecule has 4 heteroatoms. The molecule has 4 nitrogen and oxygen atoms in total. The van der Waals surface area contributed by atoms with Crippen molar-refractivity contribution in [1.29, 1.82) is 0 Å². The SMILES string of the molecule is CCCNC(C)c1ccc2c(c1)CCCN2CC(N)=O. The van der Waals surface area contributed by atoms with Crippen molar-refractivity contribution in [3.63, 3.8) is 0 Å². The molecule has 0 saturated carbocycles. The first-order chi connectivity index (χ1) is 9.61. The maximum absolute atomic E-state index is 11.1. The van der Waals surface area contributed by atoms with Gasteiger partial charge in [-0.3, -0.25) is 4.79 Å². The largest absolute Gasteiger partial charge is 0.368 e. The van der Waals surface area contributed by atoms with Crippen LogP contribution in [0.25, 0.3) is 0 Å². The van der Waals surface area contributed by atoms with Gasteiger partial charge in [-0.1, -0.05) is 19.1 Å². The Morgan fingerprint density at radius 1 is 1.50 bits per heavy atom. The normalized spacial score (nSPS) is 15.8. The average molecular weight is 275 g/mol. The van der Waals surface area contributed by atoms with E-state index in [2.05, 4.69) is 42.3 Å². The van der Waals surface area contributed by atoms with Gasteiger partial charge < -0.3 is 16.0 Å². The lowest BCUT2D eigenvalue weighted by molar-refractivity contribution is -0.116. The number of aryl methyl sites for hydroxylation is 1. The van der Waals surface area contributed by atoms with Crippen molar-refractivity contribution in [3.05, 3.63) is 29.3 Å². The number of benzene rings is 1. The molecule has 0 fully saturated rings. The summed E-state index contributed by atoms with van der Waals surface area (Å²) >= 11 is 0. The number of anilines is 1. The van der Waals surface area contributed by atoms with Gasteiger partial charge in [0.05, 0.1) is 6.54 Å². The lowest BCUT2D eigenvalue weighted by Crippen LogP contribution is -2.37. The highest BCUT2D eigenvalue weighted by atomic mass is 16.1. The molecule has 110 valence electrons. The highest BCUT2D eigenvalue weighted by Gasteiger charge is 2.19. The summed E-state index contributed by atoms with van der Waals surface area (Å²) in [6.45, 7) is 6.64. The van der Waals surface area contributed by atoms with Gasteiger partial charge in [0.25, 0.3) is 0 Å². The van der Waals surface area contributed by atoms with Crippen molar-refractivity contribution in [2.75, 3.05) is 24.5 Å². The van der Waals surface area contributed by atoms with Crippen molar-refractivity contribution < 1.29 is 4.79 Å². The third-order valence-corrected chi connectivity index (χ3v) is 3.87. The molecule has 0 radical (unpaired) electrons. The lowest BCUT2D eigenvalue weighted by Gasteiger charge is -2.31. The first-order valence-corrected chi connectivity index (χ1v) is 7.51. The summed E-state index contributed by atoms with van der Waals surface area (Å²) in [7, 11) is 0. The lowest BCUT2D eigenvalue weighted by atomic mass is 9.96. The molecule has 1 amide bonds. The van der Waals surface area contributed by atoms with Gasteiger partial charge in [-0.15, -0.1) is 0 Å². The quantitative estimate of drug-likeness (QED) is 0.834. The van der Waals surface area contributed by atoms with Crippen LogP contribution in [-0.4, -0.2) is 25.5 Å². The van der Waals surface area contributed by atoms with E-state index in [0.29, 0.717) is 12.6 Å². The Balaban J connectivity index is 2.16. The van der Waals surface area contributed by atoms with Crippen molar-refractivity contribution in [2.24, 2.45) is 5.73 Å². The fourth-order valence-electron chi connectivity index (χ4n) is 2.80. The van der Waals surface area contributed by atoms with Gasteiger partial charge in [-0.2, -0.15) is 0 Å². The van der Waals surface area contributed by atoms with E-state index in [-0.39, 0.29) is 5.91 Å². The van der Waals surface area contributed by atoms with E-state index in [1.807, 2.05) is 0 Å². The maximum atomic E-state index is 11.1. The number of nitrogens with zero attached hydrogens (tertiary/aromatic N) is 1. The van der Waals surface area contributed by atoms with E-state index in [4.69, 9.17) is 5.73 Å². The van der Waals surface area contributed by atoms with Gasteiger partial charge >= 0.3 is 0 Å². The molecule has 0 spiro atoms. The molecule has 20 heavy (non-hydrogen) atoms. The van der Waals surface area contributed by atoms with Crippen LogP contribution in [0.1, 0.15) is 43.9 Å². The standard InChI is InChI=1S/C16H25N3O/c1-3-8-18-12(2)13-6-7-15-14(10-13)5-4-9-19(15)11-16(17)20/h6-7,10,12,18H,3-5,8-9,11H2,1-2H3,(H2,17,20). The molecule has 0 bridgehead atoms. The van der Waals surface area contributed by atoms with Crippen molar-refractivity contribution in [1.82, 2.24) is 5.32 Å². The zero-order chi connectivity index (χ0) is 14.5. The predicted octanol–water partition coefficient (Wildman–Crippen LogP) is 1.99. The van der Waals surface area contributed by atoms with Crippen LogP contribution >= 0.6 is 0 Å². The number of carbonyl (C=O) groups excluding carboxylic acids is 1. The van der Waals surface area contributed by atoms with Gasteiger partial charge in [-0.05, 0) is 49.9 Å². The molecule has 1 aromatic carbocycles. The van der Waals surface area contributed by atoms with Crippen LogP contribution in [0.3, 0.4) is 0 Å². The highest BCUT2D eigenvalue weighted by Crippen LogP contribution is 2.29. The molecule has 1 heterocycles. The van der Waals surface area contributed by atoms with Crippen LogP contribution in [0.15, 0.2) is 18.2 Å². The van der Waals surface area contributed by atoms with Crippen molar-refractivity contribution in [3.8, 4) is 0 Å². The zero-order valence-electron chi connectivity index (χ0n) is 12.5. The summed E-state index contributed by atoms with van der Waals surface area (Å²) in [6.07, 6.45) is 3.31. The van der Waals surface area contributed by atoms with Crippen LogP contribution < -0.4 is 16.0 Å². The number of hydrogen-bond donors (Lipinski definition) is 2. The fraction of sp³-hybridized carbons (Fsp3) is 0.562. The first-order valence-electron chi connectivity index (χ1n) is 7.51. The number of hydrogen-bond acceptors (Lipinski definition) is 3. The fourth-order valence-corrected chi connectivity index (χ4v) is 2.80. The van der Waals surface area contributed by atoms with Crippen molar-refractivity contribution >= 4 is 11.6 Å². The Labute approximate surface area is 121 Å². The van der Waals surface area contributed by atoms with Gasteiger partial charge in [0.2, 0.25) is 5.91 Å². The summed E-state index contributed by atoms with van der Waals surface area (Å²) in [4.78, 5) is 13.2. The van der Waals surface area contributed by atoms with Crippen LogP contribution in [-0.2, 0) is 11.2 Å². The van der Waals surface area contributed by atoms with Gasteiger partial charge in [0.15, 0.2) is 0 Å². The minimum atomic E-state index is -0.264. The van der Waals surface area contributed by atoms with E-state index in [9.17, 15) is 4.79 Å². The number of carbonyl (C=O) groups is 1. The summed E-state index contributed by atoms with van der Waals surface area (Å²) in [5.74, 6) is -0.264.